The fourth-order valence-electron chi connectivity index (χ4n) is 3.55. The van der Waals surface area contributed by atoms with Gasteiger partial charge in [0, 0.05) is 30.8 Å². The van der Waals surface area contributed by atoms with Crippen molar-refractivity contribution >= 4 is 5.97 Å². The number of carbonyl (C=O) groups excluding carboxylic acids is 1. The average molecular weight is 433 g/mol. The minimum atomic E-state index is -0.800. The molecule has 0 spiro atoms. The Balaban J connectivity index is 2.06. The molecule has 0 aliphatic carbocycles. The van der Waals surface area contributed by atoms with Crippen LogP contribution in [0, 0.1) is 0 Å². The number of aromatic hydroxyl groups is 1. The monoisotopic (exact) mass is 433 g/mol. The van der Waals surface area contributed by atoms with Crippen molar-refractivity contribution in [1.29, 1.82) is 0 Å². The number of methoxy groups -OCH3 is 3. The van der Waals surface area contributed by atoms with Crippen molar-refractivity contribution in [2.75, 3.05) is 47.6 Å². The molecule has 0 bridgehead atoms. The van der Waals surface area contributed by atoms with Crippen molar-refractivity contribution in [2.45, 2.75) is 18.9 Å². The van der Waals surface area contributed by atoms with Gasteiger partial charge in [-0.3, -0.25) is 14.5 Å². The number of nitrogens with zero attached hydrogens (tertiary/aromatic N) is 1. The van der Waals surface area contributed by atoms with Crippen LogP contribution in [0.1, 0.15) is 29.4 Å². The maximum Gasteiger partial charge on any atom is 0.306 e. The summed E-state index contributed by atoms with van der Waals surface area (Å²) in [4.78, 5) is 26.8. The first kappa shape index (κ1) is 22.6. The number of hydrogen-bond donors (Lipinski definition) is 1. The van der Waals surface area contributed by atoms with Gasteiger partial charge in [0.05, 0.1) is 53.4 Å². The molecule has 1 aromatic heterocycles. The minimum absolute atomic E-state index is 0.00961. The smallest absolute Gasteiger partial charge is 0.306 e. The number of benzene rings is 1. The van der Waals surface area contributed by atoms with Crippen LogP contribution in [0.3, 0.4) is 0 Å². The van der Waals surface area contributed by atoms with Crippen molar-refractivity contribution in [3.63, 3.8) is 0 Å². The highest BCUT2D eigenvalue weighted by Crippen LogP contribution is 2.39. The molecule has 1 atom stereocenters. The molecule has 2 heterocycles. The quantitative estimate of drug-likeness (QED) is 0.624. The Morgan fingerprint density at radius 1 is 1.16 bits per heavy atom. The SMILES string of the molecule is COC(=O)C[C@@H](c1ccc(OC)cc1OC)c1oc(CN2CCOCC2)cc(=O)c1O. The summed E-state index contributed by atoms with van der Waals surface area (Å²) in [7, 11) is 4.29. The average Bonchev–Trinajstić information content (AvgIpc) is 2.80. The standard InChI is InChI=1S/C22H27NO8/c1-27-14-4-5-16(19(11-14)28-2)17(12-20(25)29-3)22-21(26)18(24)10-15(31-22)13-23-6-8-30-9-7-23/h4-5,10-11,17,26H,6-9,12-13H2,1-3H3/t17-/m0/s1. The van der Waals surface area contributed by atoms with Crippen LogP contribution in [0.15, 0.2) is 33.5 Å². The van der Waals surface area contributed by atoms with Gasteiger partial charge in [-0.05, 0) is 6.07 Å². The van der Waals surface area contributed by atoms with Gasteiger partial charge in [-0.1, -0.05) is 6.07 Å². The molecule has 3 rings (SSSR count). The molecule has 1 saturated heterocycles. The summed E-state index contributed by atoms with van der Waals surface area (Å²) in [5, 5.41) is 10.6. The Hall–Kier alpha value is -3.04. The fraction of sp³-hybridized carbons (Fsp3) is 0.455. The van der Waals surface area contributed by atoms with E-state index in [2.05, 4.69) is 4.90 Å². The van der Waals surface area contributed by atoms with Crippen LogP contribution < -0.4 is 14.9 Å². The molecule has 0 saturated carbocycles. The zero-order valence-corrected chi connectivity index (χ0v) is 17.9. The molecular formula is C22H27NO8. The van der Waals surface area contributed by atoms with Gasteiger partial charge < -0.3 is 28.5 Å². The Morgan fingerprint density at radius 3 is 2.55 bits per heavy atom. The van der Waals surface area contributed by atoms with Gasteiger partial charge in [0.2, 0.25) is 11.2 Å². The number of ether oxygens (including phenoxy) is 4. The lowest BCUT2D eigenvalue weighted by Crippen LogP contribution is -2.35. The third-order valence-electron chi connectivity index (χ3n) is 5.21. The van der Waals surface area contributed by atoms with Crippen LogP contribution in [0.5, 0.6) is 17.2 Å². The second kappa shape index (κ2) is 10.3. The molecule has 0 amide bonds. The van der Waals surface area contributed by atoms with Crippen molar-refractivity contribution in [3.05, 3.63) is 51.6 Å². The van der Waals surface area contributed by atoms with E-state index in [1.807, 2.05) is 0 Å². The predicted molar refractivity (Wildman–Crippen MR) is 111 cm³/mol. The van der Waals surface area contributed by atoms with E-state index in [0.717, 1.165) is 0 Å². The van der Waals surface area contributed by atoms with Crippen LogP contribution >= 0.6 is 0 Å². The molecule has 168 valence electrons. The lowest BCUT2D eigenvalue weighted by atomic mass is 9.91. The molecule has 9 nitrogen and oxygen atoms in total. The summed E-state index contributed by atoms with van der Waals surface area (Å²) in [6, 6.07) is 6.34. The molecule has 31 heavy (non-hydrogen) atoms. The van der Waals surface area contributed by atoms with Gasteiger partial charge in [-0.2, -0.15) is 0 Å². The van der Waals surface area contributed by atoms with E-state index >= 15 is 0 Å². The maximum absolute atomic E-state index is 12.5. The molecule has 0 unspecified atom stereocenters. The lowest BCUT2D eigenvalue weighted by molar-refractivity contribution is -0.140. The molecule has 1 aliphatic rings. The summed E-state index contributed by atoms with van der Waals surface area (Å²) in [6.45, 7) is 3.00. The van der Waals surface area contributed by atoms with Crippen molar-refractivity contribution in [3.8, 4) is 17.2 Å². The van der Waals surface area contributed by atoms with Crippen molar-refractivity contribution < 1.29 is 33.3 Å². The number of carbonyl (C=O) groups is 1. The van der Waals surface area contributed by atoms with E-state index in [1.54, 1.807) is 18.2 Å². The van der Waals surface area contributed by atoms with E-state index in [0.29, 0.717) is 55.7 Å². The minimum Gasteiger partial charge on any atom is -0.502 e. The van der Waals surface area contributed by atoms with E-state index in [-0.39, 0.29) is 12.2 Å². The second-order valence-electron chi connectivity index (χ2n) is 7.12. The summed E-state index contributed by atoms with van der Waals surface area (Å²) >= 11 is 0. The topological polar surface area (TPSA) is 108 Å². The van der Waals surface area contributed by atoms with Gasteiger partial charge in [-0.25, -0.2) is 0 Å². The number of hydrogen-bond acceptors (Lipinski definition) is 9. The zero-order chi connectivity index (χ0) is 22.4. The summed E-state index contributed by atoms with van der Waals surface area (Å²) in [5.41, 5.74) is -0.0254. The molecule has 1 fully saturated rings. The van der Waals surface area contributed by atoms with Gasteiger partial charge >= 0.3 is 5.97 Å². The normalized spacial score (nSPS) is 15.3. The second-order valence-corrected chi connectivity index (χ2v) is 7.12. The first-order valence-electron chi connectivity index (χ1n) is 9.91. The van der Waals surface area contributed by atoms with Crippen LogP contribution in [0.25, 0.3) is 0 Å². The summed E-state index contributed by atoms with van der Waals surface area (Å²) in [5.74, 6) is -0.503. The third kappa shape index (κ3) is 5.36. The Labute approximate surface area is 180 Å². The van der Waals surface area contributed by atoms with Crippen molar-refractivity contribution in [1.82, 2.24) is 4.90 Å². The lowest BCUT2D eigenvalue weighted by Gasteiger charge is -2.26. The van der Waals surface area contributed by atoms with Gasteiger partial charge in [0.15, 0.2) is 5.76 Å². The Kier molecular flexibility index (Phi) is 7.54. The Bertz CT molecular complexity index is 964. The molecule has 1 N–H and O–H groups in total. The van der Waals surface area contributed by atoms with Crippen LogP contribution in [0.4, 0.5) is 0 Å². The first-order valence-corrected chi connectivity index (χ1v) is 9.91. The highest BCUT2D eigenvalue weighted by Gasteiger charge is 2.29. The van der Waals surface area contributed by atoms with E-state index in [9.17, 15) is 14.7 Å². The molecule has 2 aromatic rings. The predicted octanol–water partition coefficient (Wildman–Crippen LogP) is 1.89. The number of morpholine rings is 1. The number of rotatable bonds is 8. The number of esters is 1. The fourth-order valence-corrected chi connectivity index (χ4v) is 3.55. The third-order valence-corrected chi connectivity index (χ3v) is 5.21. The van der Waals surface area contributed by atoms with Crippen LogP contribution in [-0.4, -0.2) is 63.6 Å². The molecule has 1 aromatic carbocycles. The zero-order valence-electron chi connectivity index (χ0n) is 17.9. The largest absolute Gasteiger partial charge is 0.502 e. The summed E-state index contributed by atoms with van der Waals surface area (Å²) < 4.78 is 26.9. The molecular weight excluding hydrogens is 406 g/mol. The van der Waals surface area contributed by atoms with Crippen LogP contribution in [-0.2, 0) is 20.8 Å². The van der Waals surface area contributed by atoms with E-state index < -0.39 is 23.1 Å². The van der Waals surface area contributed by atoms with Crippen molar-refractivity contribution in [2.24, 2.45) is 0 Å². The van der Waals surface area contributed by atoms with Gasteiger partial charge in [0.25, 0.3) is 0 Å². The first-order chi connectivity index (χ1) is 15.0. The molecule has 9 heteroatoms. The molecule has 0 radical (unpaired) electrons. The van der Waals surface area contributed by atoms with Gasteiger partial charge in [0.1, 0.15) is 17.3 Å². The summed E-state index contributed by atoms with van der Waals surface area (Å²) in [6.07, 6.45) is -0.156. The maximum atomic E-state index is 12.5. The Morgan fingerprint density at radius 2 is 1.90 bits per heavy atom. The van der Waals surface area contributed by atoms with Gasteiger partial charge in [-0.15, -0.1) is 0 Å². The highest BCUT2D eigenvalue weighted by atomic mass is 16.5. The van der Waals surface area contributed by atoms with E-state index in [4.69, 9.17) is 23.4 Å². The van der Waals surface area contributed by atoms with Crippen LogP contribution in [0.2, 0.25) is 0 Å². The highest BCUT2D eigenvalue weighted by molar-refractivity contribution is 5.71. The van der Waals surface area contributed by atoms with E-state index in [1.165, 1.54) is 27.4 Å². The molecule has 1 aliphatic heterocycles.